The molecule has 8 nitrogen and oxygen atoms in total. The highest BCUT2D eigenvalue weighted by molar-refractivity contribution is 5.81. The van der Waals surface area contributed by atoms with Crippen molar-refractivity contribution in [2.45, 2.75) is 49.7 Å². The minimum Gasteiger partial charge on any atom is -0.388 e. The second-order valence-corrected chi connectivity index (χ2v) is 7.35. The molecular formula is C19H21N5O3. The Hall–Kier alpha value is -2.55. The molecule has 2 aromatic heterocycles. The normalized spacial score (nSPS) is 32.9. The number of hydrogen-bond donors (Lipinski definition) is 3. The van der Waals surface area contributed by atoms with Crippen LogP contribution in [0.2, 0.25) is 0 Å². The van der Waals surface area contributed by atoms with Gasteiger partial charge in [0, 0.05) is 5.92 Å². The summed E-state index contributed by atoms with van der Waals surface area (Å²) >= 11 is 0. The molecule has 1 aromatic carbocycles. The Bertz CT molecular complexity index is 1020. The maximum atomic E-state index is 11.2. The molecule has 0 radical (unpaired) electrons. The number of benzene rings is 1. The molecular weight excluding hydrogens is 346 g/mol. The van der Waals surface area contributed by atoms with Crippen LogP contribution in [0.5, 0.6) is 0 Å². The molecule has 0 amide bonds. The van der Waals surface area contributed by atoms with E-state index in [9.17, 15) is 10.2 Å². The average molecular weight is 367 g/mol. The molecule has 1 fully saturated rings. The number of rotatable bonds is 2. The highest BCUT2D eigenvalue weighted by Gasteiger charge is 2.60. The van der Waals surface area contributed by atoms with Crippen molar-refractivity contribution in [2.24, 2.45) is 0 Å². The van der Waals surface area contributed by atoms with E-state index >= 15 is 0 Å². The van der Waals surface area contributed by atoms with E-state index in [1.54, 1.807) is 17.8 Å². The lowest BCUT2D eigenvalue weighted by molar-refractivity contribution is -0.154. The topological polar surface area (TPSA) is 119 Å². The first-order chi connectivity index (χ1) is 13.0. The smallest absolute Gasteiger partial charge is 0.183 e. The first kappa shape index (κ1) is 16.6. The van der Waals surface area contributed by atoms with E-state index in [0.29, 0.717) is 11.2 Å². The summed E-state index contributed by atoms with van der Waals surface area (Å²) in [6.07, 6.45) is 1.91. The predicted octanol–water partition coefficient (Wildman–Crippen LogP) is 0.932. The van der Waals surface area contributed by atoms with E-state index in [4.69, 9.17) is 10.5 Å². The number of aromatic nitrogens is 4. The van der Waals surface area contributed by atoms with Crippen LogP contribution in [0.4, 0.5) is 5.82 Å². The lowest BCUT2D eigenvalue weighted by Gasteiger charge is -2.39. The predicted molar refractivity (Wildman–Crippen MR) is 97.8 cm³/mol. The number of anilines is 1. The number of hydrogen-bond acceptors (Lipinski definition) is 7. The number of aliphatic hydroxyl groups is 2. The van der Waals surface area contributed by atoms with Crippen LogP contribution in [0.3, 0.4) is 0 Å². The summed E-state index contributed by atoms with van der Waals surface area (Å²) < 4.78 is 8.06. The second-order valence-electron chi connectivity index (χ2n) is 7.35. The maximum absolute atomic E-state index is 11.2. The number of ether oxygens (including phenoxy) is 1. The molecule has 1 aliphatic heterocycles. The fraction of sp³-hybridized carbons (Fsp3) is 0.421. The summed E-state index contributed by atoms with van der Waals surface area (Å²) in [6, 6.07) is 8.15. The molecule has 0 bridgehead atoms. The van der Waals surface area contributed by atoms with E-state index in [1.807, 2.05) is 12.1 Å². The lowest BCUT2D eigenvalue weighted by Crippen LogP contribution is -2.49. The minimum atomic E-state index is -1.22. The summed E-state index contributed by atoms with van der Waals surface area (Å²) in [6.45, 7) is 1.76. The van der Waals surface area contributed by atoms with Gasteiger partial charge in [0.1, 0.15) is 24.1 Å². The van der Waals surface area contributed by atoms with Crippen LogP contribution in [-0.2, 0) is 16.9 Å². The van der Waals surface area contributed by atoms with Gasteiger partial charge >= 0.3 is 0 Å². The van der Waals surface area contributed by atoms with Gasteiger partial charge in [-0.1, -0.05) is 24.3 Å². The van der Waals surface area contributed by atoms with Crippen molar-refractivity contribution in [2.75, 3.05) is 5.73 Å². The van der Waals surface area contributed by atoms with Crippen molar-refractivity contribution in [3.8, 4) is 0 Å². The first-order valence-electron chi connectivity index (χ1n) is 9.09. The number of aryl methyl sites for hydroxylation is 1. The Kier molecular flexibility index (Phi) is 3.52. The van der Waals surface area contributed by atoms with Gasteiger partial charge in [0.15, 0.2) is 17.2 Å². The molecule has 4 N–H and O–H groups in total. The quantitative estimate of drug-likeness (QED) is 0.616. The largest absolute Gasteiger partial charge is 0.388 e. The summed E-state index contributed by atoms with van der Waals surface area (Å²) in [5, 5.41) is 21.7. The average Bonchev–Trinajstić information content (AvgIpc) is 3.35. The first-order valence-corrected chi connectivity index (χ1v) is 9.09. The van der Waals surface area contributed by atoms with Crippen LogP contribution in [0, 0.1) is 0 Å². The van der Waals surface area contributed by atoms with Crippen LogP contribution in [0.1, 0.15) is 30.4 Å². The van der Waals surface area contributed by atoms with Crippen LogP contribution in [-0.4, -0.2) is 48.0 Å². The summed E-state index contributed by atoms with van der Waals surface area (Å²) in [5.74, 6) is 0.110. The number of fused-ring (bicyclic) bond motifs is 2. The fourth-order valence-electron chi connectivity index (χ4n) is 4.69. The van der Waals surface area contributed by atoms with Crippen molar-refractivity contribution in [1.82, 2.24) is 19.5 Å². The molecule has 3 aromatic rings. The van der Waals surface area contributed by atoms with Crippen molar-refractivity contribution in [3.05, 3.63) is 48.0 Å². The summed E-state index contributed by atoms with van der Waals surface area (Å²) in [4.78, 5) is 12.7. The summed E-state index contributed by atoms with van der Waals surface area (Å²) in [5.41, 5.74) is 8.00. The number of nitrogen functional groups attached to an aromatic ring is 1. The van der Waals surface area contributed by atoms with Crippen LogP contribution in [0.15, 0.2) is 36.9 Å². The van der Waals surface area contributed by atoms with Crippen LogP contribution in [0.25, 0.3) is 11.2 Å². The SMILES string of the molecule is C[C@H]1O[C@@](C2CCc3ccccc32)(n2cnc3c(N)ncnc32)[C@H](O)[C@@H]1O. The van der Waals surface area contributed by atoms with Gasteiger partial charge in [-0.15, -0.1) is 0 Å². The van der Waals surface area contributed by atoms with E-state index in [0.717, 1.165) is 18.4 Å². The van der Waals surface area contributed by atoms with E-state index < -0.39 is 24.0 Å². The maximum Gasteiger partial charge on any atom is 0.183 e. The number of nitrogens with two attached hydrogens (primary N) is 1. The molecule has 0 saturated carbocycles. The molecule has 140 valence electrons. The number of imidazole rings is 1. The molecule has 5 rings (SSSR count). The van der Waals surface area contributed by atoms with Gasteiger partial charge < -0.3 is 20.7 Å². The fourth-order valence-corrected chi connectivity index (χ4v) is 4.69. The third-order valence-electron chi connectivity index (χ3n) is 5.97. The molecule has 27 heavy (non-hydrogen) atoms. The third-order valence-corrected chi connectivity index (χ3v) is 5.97. The van der Waals surface area contributed by atoms with E-state index in [-0.39, 0.29) is 11.7 Å². The zero-order chi connectivity index (χ0) is 18.8. The molecule has 3 heterocycles. The molecule has 2 aliphatic rings. The Morgan fingerprint density at radius 1 is 1.22 bits per heavy atom. The lowest BCUT2D eigenvalue weighted by atomic mass is 9.84. The summed E-state index contributed by atoms with van der Waals surface area (Å²) in [7, 11) is 0. The second kappa shape index (κ2) is 5.72. The highest BCUT2D eigenvalue weighted by atomic mass is 16.6. The standard InChI is InChI=1S/C19H21N5O3/c1-10-15(25)16(26)19(27-10,13-7-6-11-4-2-3-5-12(11)13)24-9-23-14-17(20)21-8-22-18(14)24/h2-5,8-10,13,15-16,25-26H,6-7H2,1H3,(H2,20,21,22)/t10-,13?,15-,16-,19-/m1/s1. The van der Waals surface area contributed by atoms with Crippen LogP contribution < -0.4 is 5.73 Å². The van der Waals surface area contributed by atoms with Gasteiger partial charge in [-0.2, -0.15) is 0 Å². The van der Waals surface area contributed by atoms with Gasteiger partial charge in [-0.25, -0.2) is 15.0 Å². The highest BCUT2D eigenvalue weighted by Crippen LogP contribution is 2.52. The molecule has 0 spiro atoms. The van der Waals surface area contributed by atoms with Gasteiger partial charge in [0.25, 0.3) is 0 Å². The molecule has 1 aliphatic carbocycles. The molecule has 5 atom stereocenters. The Balaban J connectivity index is 1.77. The van der Waals surface area contributed by atoms with Gasteiger partial charge in [0.05, 0.1) is 12.4 Å². The van der Waals surface area contributed by atoms with Crippen molar-refractivity contribution in [1.29, 1.82) is 0 Å². The Labute approximate surface area is 155 Å². The number of aliphatic hydroxyl groups excluding tert-OH is 2. The minimum absolute atomic E-state index is 0.156. The van der Waals surface area contributed by atoms with Crippen molar-refractivity contribution in [3.63, 3.8) is 0 Å². The third kappa shape index (κ3) is 2.11. The number of nitrogens with zero attached hydrogens (tertiary/aromatic N) is 4. The van der Waals surface area contributed by atoms with Crippen molar-refractivity contribution < 1.29 is 14.9 Å². The van der Waals surface area contributed by atoms with E-state index in [2.05, 4.69) is 27.1 Å². The zero-order valence-electron chi connectivity index (χ0n) is 14.9. The molecule has 1 saturated heterocycles. The van der Waals surface area contributed by atoms with Gasteiger partial charge in [-0.05, 0) is 30.9 Å². The molecule has 1 unspecified atom stereocenters. The van der Waals surface area contributed by atoms with E-state index in [1.165, 1.54) is 11.9 Å². The monoisotopic (exact) mass is 367 g/mol. The van der Waals surface area contributed by atoms with Gasteiger partial charge in [0.2, 0.25) is 0 Å². The molecule has 8 heteroatoms. The Morgan fingerprint density at radius 3 is 2.81 bits per heavy atom. The van der Waals surface area contributed by atoms with Gasteiger partial charge in [-0.3, -0.25) is 4.57 Å². The van der Waals surface area contributed by atoms with Crippen LogP contribution >= 0.6 is 0 Å². The zero-order valence-corrected chi connectivity index (χ0v) is 14.9. The van der Waals surface area contributed by atoms with Crippen molar-refractivity contribution >= 4 is 17.0 Å². The Morgan fingerprint density at radius 2 is 2.04 bits per heavy atom.